The van der Waals surface area contributed by atoms with Crippen molar-refractivity contribution in [2.75, 3.05) is 6.54 Å². The quantitative estimate of drug-likeness (QED) is 0.687. The molecule has 24 heavy (non-hydrogen) atoms. The van der Waals surface area contributed by atoms with E-state index in [1.807, 2.05) is 27.7 Å². The first kappa shape index (κ1) is 17.9. The highest BCUT2D eigenvalue weighted by atomic mass is 79.9. The predicted molar refractivity (Wildman–Crippen MR) is 99.0 cm³/mol. The summed E-state index contributed by atoms with van der Waals surface area (Å²) in [6, 6.07) is 0.0759. The number of carbonyl (C=O) groups excluding carboxylic acids is 1. The molecule has 0 aromatic carbocycles. The first-order chi connectivity index (χ1) is 11.2. The van der Waals surface area contributed by atoms with Gasteiger partial charge in [0.25, 0.3) is 5.19 Å². The molecule has 0 spiro atoms. The van der Waals surface area contributed by atoms with Crippen LogP contribution in [0, 0.1) is 0 Å². The van der Waals surface area contributed by atoms with Crippen LogP contribution in [0.15, 0.2) is 3.92 Å². The molecule has 9 heteroatoms. The predicted octanol–water partition coefficient (Wildman–Crippen LogP) is 4.68. The summed E-state index contributed by atoms with van der Waals surface area (Å²) in [7, 11) is 0. The normalized spacial score (nSPS) is 22.0. The molecule has 6 nitrogen and oxygen atoms in total. The van der Waals surface area contributed by atoms with Crippen LogP contribution in [0.3, 0.4) is 0 Å². The smallest absolute Gasteiger partial charge is 0.410 e. The summed E-state index contributed by atoms with van der Waals surface area (Å²) in [6.45, 7) is 8.30. The van der Waals surface area contributed by atoms with Crippen molar-refractivity contribution in [3.63, 3.8) is 0 Å². The molecule has 3 heterocycles. The average molecular weight is 434 g/mol. The van der Waals surface area contributed by atoms with Gasteiger partial charge in [-0.2, -0.15) is 4.98 Å². The van der Waals surface area contributed by atoms with Crippen LogP contribution in [0.25, 0.3) is 9.66 Å². The average Bonchev–Trinajstić information content (AvgIpc) is 2.93. The zero-order chi connectivity index (χ0) is 17.5. The van der Waals surface area contributed by atoms with Crippen LogP contribution in [0.5, 0.6) is 5.19 Å². The molecular formula is C15H20BrN3O3S2. The van der Waals surface area contributed by atoms with Crippen LogP contribution in [0.4, 0.5) is 4.79 Å². The van der Waals surface area contributed by atoms with Crippen molar-refractivity contribution in [3.8, 4) is 5.19 Å². The molecule has 1 amide bonds. The van der Waals surface area contributed by atoms with E-state index in [1.54, 1.807) is 4.90 Å². The monoisotopic (exact) mass is 433 g/mol. The zero-order valence-corrected chi connectivity index (χ0v) is 17.3. The first-order valence-corrected chi connectivity index (χ1v) is 10.2. The lowest BCUT2D eigenvalue weighted by Gasteiger charge is -2.37. The van der Waals surface area contributed by atoms with Gasteiger partial charge in [0.1, 0.15) is 11.7 Å². The maximum Gasteiger partial charge on any atom is 0.410 e. The molecule has 2 aromatic rings. The number of hydrogen-bond donors (Lipinski definition) is 0. The van der Waals surface area contributed by atoms with Crippen molar-refractivity contribution in [2.24, 2.45) is 0 Å². The number of hydrogen-bond acceptors (Lipinski definition) is 7. The van der Waals surface area contributed by atoms with Gasteiger partial charge in [-0.25, -0.2) is 9.78 Å². The minimum Gasteiger partial charge on any atom is -0.466 e. The summed E-state index contributed by atoms with van der Waals surface area (Å²) in [6.07, 6.45) is 1.34. The Morgan fingerprint density at radius 3 is 2.62 bits per heavy atom. The van der Waals surface area contributed by atoms with Crippen LogP contribution >= 0.6 is 38.6 Å². The van der Waals surface area contributed by atoms with E-state index in [4.69, 9.17) is 9.47 Å². The molecule has 1 aliphatic rings. The van der Waals surface area contributed by atoms with Crippen molar-refractivity contribution in [1.29, 1.82) is 0 Å². The molecule has 2 atom stereocenters. The number of nitrogens with zero attached hydrogens (tertiary/aromatic N) is 3. The Morgan fingerprint density at radius 2 is 2.00 bits per heavy atom. The van der Waals surface area contributed by atoms with Gasteiger partial charge in [-0.15, -0.1) is 0 Å². The SMILES string of the molecule is C[C@@H]1C[C@@H](Oc2nc3sc(Br)nc3s2)CCN1C(=O)OC(C)(C)C. The fourth-order valence-electron chi connectivity index (χ4n) is 2.62. The summed E-state index contributed by atoms with van der Waals surface area (Å²) < 4.78 is 12.3. The van der Waals surface area contributed by atoms with Crippen LogP contribution in [-0.4, -0.2) is 45.3 Å². The minimum atomic E-state index is -0.474. The number of likely N-dealkylation sites (tertiary alicyclic amines) is 1. The van der Waals surface area contributed by atoms with E-state index < -0.39 is 5.60 Å². The van der Waals surface area contributed by atoms with Gasteiger partial charge < -0.3 is 14.4 Å². The van der Waals surface area contributed by atoms with E-state index >= 15 is 0 Å². The third-order valence-electron chi connectivity index (χ3n) is 3.65. The maximum atomic E-state index is 12.2. The second kappa shape index (κ2) is 6.76. The van der Waals surface area contributed by atoms with Gasteiger partial charge in [0.15, 0.2) is 13.6 Å². The molecule has 0 radical (unpaired) electrons. The Kier molecular flexibility index (Phi) is 5.04. The van der Waals surface area contributed by atoms with Crippen LogP contribution in [0.1, 0.15) is 40.5 Å². The molecule has 1 fully saturated rings. The highest BCUT2D eigenvalue weighted by Crippen LogP contribution is 2.35. The second-order valence-electron chi connectivity index (χ2n) is 6.84. The molecule has 1 saturated heterocycles. The van der Waals surface area contributed by atoms with Gasteiger partial charge in [0.05, 0.1) is 0 Å². The molecule has 0 N–H and O–H groups in total. The Hall–Kier alpha value is -0.930. The van der Waals surface area contributed by atoms with E-state index in [2.05, 4.69) is 25.9 Å². The van der Waals surface area contributed by atoms with E-state index in [9.17, 15) is 4.79 Å². The third kappa shape index (κ3) is 4.18. The number of halogens is 1. The highest BCUT2D eigenvalue weighted by Gasteiger charge is 2.33. The number of amides is 1. The summed E-state index contributed by atoms with van der Waals surface area (Å²) in [5, 5.41) is 0.652. The Labute approximate surface area is 157 Å². The van der Waals surface area contributed by atoms with Crippen molar-refractivity contribution >= 4 is 54.4 Å². The molecular weight excluding hydrogens is 414 g/mol. The number of fused-ring (bicyclic) bond motifs is 1. The van der Waals surface area contributed by atoms with Crippen LogP contribution in [-0.2, 0) is 4.74 Å². The third-order valence-corrected chi connectivity index (χ3v) is 6.02. The minimum absolute atomic E-state index is 0.0578. The van der Waals surface area contributed by atoms with Crippen LogP contribution in [0.2, 0.25) is 0 Å². The summed E-state index contributed by atoms with van der Waals surface area (Å²) in [5.41, 5.74) is -0.474. The number of thiazole rings is 2. The molecule has 0 unspecified atom stereocenters. The molecule has 2 aromatic heterocycles. The molecule has 1 aliphatic heterocycles. The number of carbonyl (C=O) groups is 1. The summed E-state index contributed by atoms with van der Waals surface area (Å²) >= 11 is 6.32. The van der Waals surface area contributed by atoms with Gasteiger partial charge in [-0.3, -0.25) is 0 Å². The molecule has 0 aliphatic carbocycles. The van der Waals surface area contributed by atoms with Gasteiger partial charge >= 0.3 is 6.09 Å². The lowest BCUT2D eigenvalue weighted by molar-refractivity contribution is -0.00102. The molecule has 3 rings (SSSR count). The number of rotatable bonds is 2. The maximum absolute atomic E-state index is 12.2. The second-order valence-corrected chi connectivity index (χ2v) is 10.0. The largest absolute Gasteiger partial charge is 0.466 e. The highest BCUT2D eigenvalue weighted by molar-refractivity contribution is 9.11. The van der Waals surface area contributed by atoms with Crippen molar-refractivity contribution in [1.82, 2.24) is 14.9 Å². The number of aromatic nitrogens is 2. The molecule has 0 saturated carbocycles. The van der Waals surface area contributed by atoms with Gasteiger partial charge in [0.2, 0.25) is 0 Å². The standard InChI is InChI=1S/C15H20BrN3O3S2/c1-8-7-9(5-6-19(8)14(20)22-15(2,3)4)21-13-18-11-10(24-13)17-12(16)23-11/h8-9H,5-7H2,1-4H3/t8-,9+/m1/s1. The Morgan fingerprint density at radius 1 is 1.29 bits per heavy atom. The molecule has 0 bridgehead atoms. The summed E-state index contributed by atoms with van der Waals surface area (Å²) in [5.74, 6) is 0. The number of ether oxygens (including phenoxy) is 2. The number of piperidine rings is 1. The van der Waals surface area contributed by atoms with Crippen LogP contribution < -0.4 is 4.74 Å². The first-order valence-electron chi connectivity index (χ1n) is 7.80. The van der Waals surface area contributed by atoms with E-state index in [1.165, 1.54) is 22.7 Å². The Bertz CT molecular complexity index is 708. The van der Waals surface area contributed by atoms with E-state index in [-0.39, 0.29) is 18.2 Å². The fourth-order valence-corrected chi connectivity index (χ4v) is 5.05. The Balaban J connectivity index is 1.58. The lowest BCUT2D eigenvalue weighted by atomic mass is 10.0. The topological polar surface area (TPSA) is 64.6 Å². The van der Waals surface area contributed by atoms with Gasteiger partial charge in [-0.05, 0) is 43.6 Å². The summed E-state index contributed by atoms with van der Waals surface area (Å²) in [4.78, 5) is 24.6. The zero-order valence-electron chi connectivity index (χ0n) is 14.0. The lowest BCUT2D eigenvalue weighted by Crippen LogP contribution is -2.49. The van der Waals surface area contributed by atoms with Crippen molar-refractivity contribution in [3.05, 3.63) is 3.92 Å². The van der Waals surface area contributed by atoms with E-state index in [0.717, 1.165) is 26.4 Å². The molecule has 132 valence electrons. The van der Waals surface area contributed by atoms with Gasteiger partial charge in [-0.1, -0.05) is 22.7 Å². The van der Waals surface area contributed by atoms with Crippen molar-refractivity contribution in [2.45, 2.75) is 58.3 Å². The van der Waals surface area contributed by atoms with Crippen molar-refractivity contribution < 1.29 is 14.3 Å². The fraction of sp³-hybridized carbons (Fsp3) is 0.667. The van der Waals surface area contributed by atoms with Gasteiger partial charge in [0, 0.05) is 25.4 Å². The van der Waals surface area contributed by atoms with E-state index in [0.29, 0.717) is 11.7 Å².